The summed E-state index contributed by atoms with van der Waals surface area (Å²) >= 11 is 0. The van der Waals surface area contributed by atoms with E-state index >= 15 is 0 Å². The summed E-state index contributed by atoms with van der Waals surface area (Å²) in [7, 11) is 0. The second-order valence-corrected chi connectivity index (χ2v) is 3.83. The van der Waals surface area contributed by atoms with Crippen molar-refractivity contribution in [2.24, 2.45) is 0 Å². The molecule has 2 rings (SSSR count). The van der Waals surface area contributed by atoms with E-state index in [2.05, 4.69) is 26.5 Å². The van der Waals surface area contributed by atoms with Crippen molar-refractivity contribution < 1.29 is 5.11 Å². The lowest BCUT2D eigenvalue weighted by atomic mass is 10.3. The third kappa shape index (κ3) is 5.87. The second kappa shape index (κ2) is 8.54. The van der Waals surface area contributed by atoms with Gasteiger partial charge in [-0.15, -0.1) is 6.58 Å². The van der Waals surface area contributed by atoms with Gasteiger partial charge >= 0.3 is 0 Å². The molecule has 0 fully saturated rings. The molecule has 7 heteroatoms. The van der Waals surface area contributed by atoms with Gasteiger partial charge < -0.3 is 16.6 Å². The lowest BCUT2D eigenvalue weighted by Gasteiger charge is -1.95. The predicted octanol–water partition coefficient (Wildman–Crippen LogP) is 0.381. The van der Waals surface area contributed by atoms with Crippen molar-refractivity contribution in [3.05, 3.63) is 48.8 Å². The molecule has 7 nitrogen and oxygen atoms in total. The van der Waals surface area contributed by atoms with Crippen LogP contribution >= 0.6 is 0 Å². The summed E-state index contributed by atoms with van der Waals surface area (Å²) < 4.78 is 0. The number of aliphatic hydroxyl groups excluding tert-OH is 1. The van der Waals surface area contributed by atoms with Gasteiger partial charge in [0.2, 0.25) is 0 Å². The number of anilines is 2. The predicted molar refractivity (Wildman–Crippen MR) is 77.6 cm³/mol. The largest absolute Gasteiger partial charge is 0.396 e. The van der Waals surface area contributed by atoms with Gasteiger partial charge in [-0.05, 0) is 0 Å². The number of nitrogen functional groups attached to an aromatic ring is 2. The number of nitrogens with zero attached hydrogens (tertiary/aromatic N) is 4. The molecule has 0 spiro atoms. The molecule has 0 unspecified atom stereocenters. The topological polar surface area (TPSA) is 124 Å². The molecule has 0 amide bonds. The first-order chi connectivity index (χ1) is 9.65. The van der Waals surface area contributed by atoms with Crippen molar-refractivity contribution >= 4 is 11.6 Å². The fourth-order valence-electron chi connectivity index (χ4n) is 1.23. The Morgan fingerprint density at radius 3 is 1.90 bits per heavy atom. The zero-order valence-electron chi connectivity index (χ0n) is 11.1. The Bertz CT molecular complexity index is 511. The van der Waals surface area contributed by atoms with E-state index in [0.29, 0.717) is 18.1 Å². The number of nitrogens with two attached hydrogens (primary N) is 2. The summed E-state index contributed by atoms with van der Waals surface area (Å²) in [4.78, 5) is 15.6. The maximum absolute atomic E-state index is 8.49. The minimum atomic E-state index is 0.0958. The lowest BCUT2D eigenvalue weighted by molar-refractivity contribution is 0.298. The molecule has 0 aromatic carbocycles. The van der Waals surface area contributed by atoms with E-state index in [4.69, 9.17) is 16.6 Å². The third-order valence-electron chi connectivity index (χ3n) is 2.17. The molecule has 0 saturated carbocycles. The highest BCUT2D eigenvalue weighted by Crippen LogP contribution is 1.96. The van der Waals surface area contributed by atoms with Gasteiger partial charge in [-0.3, -0.25) is 9.97 Å². The Labute approximate surface area is 117 Å². The third-order valence-corrected chi connectivity index (χ3v) is 2.17. The summed E-state index contributed by atoms with van der Waals surface area (Å²) in [5.74, 6) is 0.856. The van der Waals surface area contributed by atoms with Crippen molar-refractivity contribution in [3.63, 3.8) is 0 Å². The molecular weight excluding hydrogens is 256 g/mol. The number of hydrogen-bond donors (Lipinski definition) is 3. The van der Waals surface area contributed by atoms with E-state index in [1.165, 1.54) is 6.20 Å². The summed E-state index contributed by atoms with van der Waals surface area (Å²) in [6, 6.07) is 0. The monoisotopic (exact) mass is 274 g/mol. The summed E-state index contributed by atoms with van der Waals surface area (Å²) in [5, 5.41) is 8.49. The first kappa shape index (κ1) is 15.5. The molecule has 20 heavy (non-hydrogen) atoms. The molecule has 0 aliphatic rings. The van der Waals surface area contributed by atoms with E-state index in [1.807, 2.05) is 0 Å². The molecule has 106 valence electrons. The van der Waals surface area contributed by atoms with E-state index in [9.17, 15) is 0 Å². The molecule has 0 aliphatic carbocycles. The number of allylic oxidation sites excluding steroid dienone is 1. The number of aliphatic hydroxyl groups is 1. The quantitative estimate of drug-likeness (QED) is 0.688. The van der Waals surface area contributed by atoms with Crippen LogP contribution in [0.5, 0.6) is 0 Å². The average molecular weight is 274 g/mol. The van der Waals surface area contributed by atoms with Crippen LogP contribution < -0.4 is 11.5 Å². The summed E-state index contributed by atoms with van der Waals surface area (Å²) in [5.41, 5.74) is 12.3. The SMILES string of the molecule is C=CCc1cnc(N)cn1.Nc1cnc(CCO)cn1. The van der Waals surface area contributed by atoms with Crippen LogP contribution in [-0.2, 0) is 12.8 Å². The van der Waals surface area contributed by atoms with Gasteiger partial charge in [0.25, 0.3) is 0 Å². The average Bonchev–Trinajstić information content (AvgIpc) is 2.45. The second-order valence-electron chi connectivity index (χ2n) is 3.83. The molecule has 0 radical (unpaired) electrons. The Balaban J connectivity index is 0.000000200. The van der Waals surface area contributed by atoms with Gasteiger partial charge in [0.1, 0.15) is 11.6 Å². The van der Waals surface area contributed by atoms with Crippen LogP contribution in [0.4, 0.5) is 11.6 Å². The van der Waals surface area contributed by atoms with Gasteiger partial charge in [-0.2, -0.15) is 0 Å². The molecule has 2 aromatic heterocycles. The van der Waals surface area contributed by atoms with Crippen LogP contribution in [0.15, 0.2) is 37.4 Å². The normalized spacial score (nSPS) is 9.45. The molecule has 0 bridgehead atoms. The van der Waals surface area contributed by atoms with Gasteiger partial charge in [0.15, 0.2) is 0 Å². The number of aromatic nitrogens is 4. The Kier molecular flexibility index (Phi) is 6.63. The van der Waals surface area contributed by atoms with Crippen molar-refractivity contribution in [3.8, 4) is 0 Å². The van der Waals surface area contributed by atoms with Crippen LogP contribution in [0.2, 0.25) is 0 Å². The van der Waals surface area contributed by atoms with Crippen molar-refractivity contribution in [2.75, 3.05) is 18.1 Å². The minimum Gasteiger partial charge on any atom is -0.396 e. The van der Waals surface area contributed by atoms with E-state index < -0.39 is 0 Å². The molecule has 2 aromatic rings. The van der Waals surface area contributed by atoms with E-state index in [1.54, 1.807) is 24.7 Å². The minimum absolute atomic E-state index is 0.0958. The van der Waals surface area contributed by atoms with Crippen molar-refractivity contribution in [2.45, 2.75) is 12.8 Å². The van der Waals surface area contributed by atoms with Gasteiger partial charge in [-0.25, -0.2) is 9.97 Å². The van der Waals surface area contributed by atoms with E-state index in [0.717, 1.165) is 17.8 Å². The highest BCUT2D eigenvalue weighted by atomic mass is 16.3. The molecule has 0 atom stereocenters. The highest BCUT2D eigenvalue weighted by Gasteiger charge is 1.92. The molecule has 5 N–H and O–H groups in total. The lowest BCUT2D eigenvalue weighted by Crippen LogP contribution is -1.97. The van der Waals surface area contributed by atoms with E-state index in [-0.39, 0.29) is 6.61 Å². The standard InChI is InChI=1S/C7H9N3.C6H9N3O/c1-2-3-6-4-10-7(8)5-9-6;7-6-4-8-5(1-2-10)3-9-6/h2,4-5H,1,3H2,(H2,8,10);3-4,10H,1-2H2,(H2,7,9). The Hall–Kier alpha value is -2.54. The maximum Gasteiger partial charge on any atom is 0.141 e. The Morgan fingerprint density at radius 1 is 0.950 bits per heavy atom. The van der Waals surface area contributed by atoms with Gasteiger partial charge in [-0.1, -0.05) is 6.08 Å². The first-order valence-electron chi connectivity index (χ1n) is 6.00. The molecular formula is C13H18N6O. The van der Waals surface area contributed by atoms with Crippen LogP contribution in [0.25, 0.3) is 0 Å². The number of hydrogen-bond acceptors (Lipinski definition) is 7. The number of rotatable bonds is 4. The Morgan fingerprint density at radius 2 is 1.50 bits per heavy atom. The molecule has 2 heterocycles. The highest BCUT2D eigenvalue weighted by molar-refractivity contribution is 5.23. The fraction of sp³-hybridized carbons (Fsp3) is 0.231. The van der Waals surface area contributed by atoms with Crippen LogP contribution in [-0.4, -0.2) is 31.6 Å². The van der Waals surface area contributed by atoms with Crippen molar-refractivity contribution in [1.82, 2.24) is 19.9 Å². The first-order valence-corrected chi connectivity index (χ1v) is 6.00. The smallest absolute Gasteiger partial charge is 0.141 e. The van der Waals surface area contributed by atoms with Gasteiger partial charge in [0, 0.05) is 19.4 Å². The van der Waals surface area contributed by atoms with Crippen LogP contribution in [0.3, 0.4) is 0 Å². The summed E-state index contributed by atoms with van der Waals surface area (Å²) in [6.45, 7) is 3.68. The van der Waals surface area contributed by atoms with Crippen LogP contribution in [0, 0.1) is 0 Å². The molecule has 0 saturated heterocycles. The fourth-order valence-corrected chi connectivity index (χ4v) is 1.23. The van der Waals surface area contributed by atoms with Crippen LogP contribution in [0.1, 0.15) is 11.4 Å². The zero-order valence-corrected chi connectivity index (χ0v) is 11.1. The molecule has 0 aliphatic heterocycles. The zero-order chi connectivity index (χ0) is 14.8. The summed E-state index contributed by atoms with van der Waals surface area (Å²) in [6.07, 6.45) is 9.28. The van der Waals surface area contributed by atoms with Crippen molar-refractivity contribution in [1.29, 1.82) is 0 Å². The van der Waals surface area contributed by atoms with Gasteiger partial charge in [0.05, 0.1) is 36.2 Å². The maximum atomic E-state index is 8.49.